The summed E-state index contributed by atoms with van der Waals surface area (Å²) in [6.45, 7) is 5.84. The first kappa shape index (κ1) is 12.7. The normalized spacial score (nSPS) is 29.9. The van der Waals surface area contributed by atoms with Crippen molar-refractivity contribution in [3.8, 4) is 0 Å². The minimum atomic E-state index is -0.260. The van der Waals surface area contributed by atoms with Crippen molar-refractivity contribution in [1.29, 1.82) is 0 Å². The molecular weight excluding hydrogens is 188 g/mol. The van der Waals surface area contributed by atoms with Gasteiger partial charge in [0.15, 0.2) is 0 Å². The molecule has 1 fully saturated rings. The van der Waals surface area contributed by atoms with E-state index >= 15 is 0 Å². The molecule has 15 heavy (non-hydrogen) atoms. The molecule has 0 bridgehead atoms. The number of carbonyl (C=O) groups is 1. The third-order valence-corrected chi connectivity index (χ3v) is 3.68. The fourth-order valence-corrected chi connectivity index (χ4v) is 3.00. The predicted molar refractivity (Wildman–Crippen MR) is 61.6 cm³/mol. The molecule has 3 unspecified atom stereocenters. The highest BCUT2D eigenvalue weighted by Gasteiger charge is 2.33. The van der Waals surface area contributed by atoms with Gasteiger partial charge in [0.05, 0.1) is 6.10 Å². The number of Topliss-reactive ketones (excluding diaryl/α,β-unsaturated/α-hetero) is 1. The molecule has 1 aliphatic carbocycles. The van der Waals surface area contributed by atoms with E-state index in [2.05, 4.69) is 13.8 Å². The van der Waals surface area contributed by atoms with E-state index in [1.165, 1.54) is 6.42 Å². The molecule has 1 saturated carbocycles. The van der Waals surface area contributed by atoms with E-state index in [1.807, 2.05) is 0 Å². The monoisotopic (exact) mass is 212 g/mol. The van der Waals surface area contributed by atoms with Gasteiger partial charge in [0.1, 0.15) is 5.78 Å². The zero-order valence-corrected chi connectivity index (χ0v) is 10.2. The molecule has 0 aromatic heterocycles. The molecule has 1 rings (SSSR count). The Morgan fingerprint density at radius 3 is 2.33 bits per heavy atom. The quantitative estimate of drug-likeness (QED) is 0.730. The second kappa shape index (κ2) is 5.64. The van der Waals surface area contributed by atoms with Crippen LogP contribution in [0.25, 0.3) is 0 Å². The molecule has 0 aromatic rings. The number of hydrogen-bond donors (Lipinski definition) is 1. The molecular formula is C13H24O2. The van der Waals surface area contributed by atoms with Crippen LogP contribution in [0.1, 0.15) is 52.9 Å². The fraction of sp³-hybridized carbons (Fsp3) is 0.923. The number of aliphatic hydroxyl groups excluding tert-OH is 1. The Balaban J connectivity index is 2.75. The summed E-state index contributed by atoms with van der Waals surface area (Å²) in [6, 6.07) is 0. The van der Waals surface area contributed by atoms with E-state index in [9.17, 15) is 9.90 Å². The average molecular weight is 212 g/mol. The summed E-state index contributed by atoms with van der Waals surface area (Å²) in [4.78, 5) is 11.6. The standard InChI is InChI=1S/C13H24O2/c1-9(2)13(10(3)14)11-7-5-4-6-8-12(11)15/h9,11-13,15H,4-8H2,1-3H3. The number of rotatable bonds is 3. The maximum atomic E-state index is 11.6. The van der Waals surface area contributed by atoms with Crippen LogP contribution in [-0.2, 0) is 4.79 Å². The highest BCUT2D eigenvalue weighted by Crippen LogP contribution is 2.33. The summed E-state index contributed by atoms with van der Waals surface area (Å²) >= 11 is 0. The number of aliphatic hydroxyl groups is 1. The molecule has 0 amide bonds. The summed E-state index contributed by atoms with van der Waals surface area (Å²) in [6.07, 6.45) is 5.11. The molecule has 0 spiro atoms. The summed E-state index contributed by atoms with van der Waals surface area (Å²) in [5.41, 5.74) is 0. The highest BCUT2D eigenvalue weighted by atomic mass is 16.3. The summed E-state index contributed by atoms with van der Waals surface area (Å²) in [7, 11) is 0. The Hall–Kier alpha value is -0.370. The summed E-state index contributed by atoms with van der Waals surface area (Å²) in [5, 5.41) is 10.1. The molecule has 0 saturated heterocycles. The van der Waals surface area contributed by atoms with Gasteiger partial charge in [-0.15, -0.1) is 0 Å². The van der Waals surface area contributed by atoms with E-state index in [0.29, 0.717) is 5.92 Å². The molecule has 0 aromatic carbocycles. The lowest BCUT2D eigenvalue weighted by Gasteiger charge is -2.30. The largest absolute Gasteiger partial charge is 0.393 e. The van der Waals surface area contributed by atoms with Crippen molar-refractivity contribution in [2.75, 3.05) is 0 Å². The SMILES string of the molecule is CC(=O)C(C(C)C)C1CCCCCC1O. The van der Waals surface area contributed by atoms with Crippen molar-refractivity contribution in [2.24, 2.45) is 17.8 Å². The molecule has 3 atom stereocenters. The summed E-state index contributed by atoms with van der Waals surface area (Å²) < 4.78 is 0. The van der Waals surface area contributed by atoms with Crippen molar-refractivity contribution >= 4 is 5.78 Å². The first-order chi connectivity index (χ1) is 7.04. The van der Waals surface area contributed by atoms with E-state index in [-0.39, 0.29) is 23.7 Å². The maximum Gasteiger partial charge on any atom is 0.133 e. The molecule has 0 heterocycles. The topological polar surface area (TPSA) is 37.3 Å². The average Bonchev–Trinajstić information content (AvgIpc) is 2.31. The lowest BCUT2D eigenvalue weighted by atomic mass is 9.76. The first-order valence-electron chi connectivity index (χ1n) is 6.22. The van der Waals surface area contributed by atoms with Gasteiger partial charge in [-0.25, -0.2) is 0 Å². The Kier molecular flexibility index (Phi) is 4.78. The van der Waals surface area contributed by atoms with Crippen LogP contribution in [-0.4, -0.2) is 17.0 Å². The van der Waals surface area contributed by atoms with Crippen molar-refractivity contribution < 1.29 is 9.90 Å². The Bertz CT molecular complexity index is 211. The van der Waals surface area contributed by atoms with Gasteiger partial charge in [0.25, 0.3) is 0 Å². The number of ketones is 1. The maximum absolute atomic E-state index is 11.6. The molecule has 88 valence electrons. The molecule has 2 heteroatoms. The predicted octanol–water partition coefficient (Wildman–Crippen LogP) is 2.79. The van der Waals surface area contributed by atoms with E-state index in [1.54, 1.807) is 6.92 Å². The van der Waals surface area contributed by atoms with Crippen LogP contribution in [0.3, 0.4) is 0 Å². The Morgan fingerprint density at radius 1 is 1.20 bits per heavy atom. The van der Waals surface area contributed by atoms with Crippen molar-refractivity contribution in [3.63, 3.8) is 0 Å². The van der Waals surface area contributed by atoms with Crippen molar-refractivity contribution in [3.05, 3.63) is 0 Å². The van der Waals surface area contributed by atoms with Gasteiger partial charge in [-0.3, -0.25) is 4.79 Å². The van der Waals surface area contributed by atoms with Crippen LogP contribution in [0.5, 0.6) is 0 Å². The van der Waals surface area contributed by atoms with Crippen LogP contribution >= 0.6 is 0 Å². The van der Waals surface area contributed by atoms with Gasteiger partial charge in [-0.1, -0.05) is 33.1 Å². The van der Waals surface area contributed by atoms with Crippen LogP contribution in [0.2, 0.25) is 0 Å². The second-order valence-corrected chi connectivity index (χ2v) is 5.25. The zero-order chi connectivity index (χ0) is 11.4. The minimum absolute atomic E-state index is 0.0538. The van der Waals surface area contributed by atoms with Gasteiger partial charge in [-0.2, -0.15) is 0 Å². The molecule has 1 N–H and O–H groups in total. The Morgan fingerprint density at radius 2 is 1.80 bits per heavy atom. The van der Waals surface area contributed by atoms with Crippen LogP contribution < -0.4 is 0 Å². The van der Waals surface area contributed by atoms with Crippen LogP contribution in [0.4, 0.5) is 0 Å². The number of hydrogen-bond acceptors (Lipinski definition) is 2. The van der Waals surface area contributed by atoms with Gasteiger partial charge in [0, 0.05) is 5.92 Å². The molecule has 2 nitrogen and oxygen atoms in total. The van der Waals surface area contributed by atoms with Gasteiger partial charge in [-0.05, 0) is 31.6 Å². The van der Waals surface area contributed by atoms with Gasteiger partial charge in [0.2, 0.25) is 0 Å². The smallest absolute Gasteiger partial charge is 0.133 e. The first-order valence-corrected chi connectivity index (χ1v) is 6.22. The lowest BCUT2D eigenvalue weighted by Crippen LogP contribution is -2.34. The lowest BCUT2D eigenvalue weighted by molar-refractivity contribution is -0.126. The zero-order valence-electron chi connectivity index (χ0n) is 10.2. The molecule has 0 radical (unpaired) electrons. The van der Waals surface area contributed by atoms with E-state index in [4.69, 9.17) is 0 Å². The van der Waals surface area contributed by atoms with Crippen LogP contribution in [0, 0.1) is 17.8 Å². The molecule has 0 aliphatic heterocycles. The van der Waals surface area contributed by atoms with E-state index < -0.39 is 0 Å². The fourth-order valence-electron chi connectivity index (χ4n) is 3.00. The second-order valence-electron chi connectivity index (χ2n) is 5.25. The Labute approximate surface area is 93.1 Å². The highest BCUT2D eigenvalue weighted by molar-refractivity contribution is 5.78. The van der Waals surface area contributed by atoms with Crippen molar-refractivity contribution in [1.82, 2.24) is 0 Å². The van der Waals surface area contributed by atoms with Crippen LogP contribution in [0.15, 0.2) is 0 Å². The summed E-state index contributed by atoms with van der Waals surface area (Å²) in [5.74, 6) is 0.847. The van der Waals surface area contributed by atoms with Crippen molar-refractivity contribution in [2.45, 2.75) is 59.0 Å². The molecule has 1 aliphatic rings. The third-order valence-electron chi connectivity index (χ3n) is 3.68. The van der Waals surface area contributed by atoms with Gasteiger partial charge < -0.3 is 5.11 Å². The third kappa shape index (κ3) is 3.30. The van der Waals surface area contributed by atoms with Gasteiger partial charge >= 0.3 is 0 Å². The minimum Gasteiger partial charge on any atom is -0.393 e. The van der Waals surface area contributed by atoms with E-state index in [0.717, 1.165) is 25.7 Å². The number of carbonyl (C=O) groups excluding carboxylic acids is 1.